The van der Waals surface area contributed by atoms with Gasteiger partial charge in [0.05, 0.1) is 22.3 Å². The summed E-state index contributed by atoms with van der Waals surface area (Å²) in [4.78, 5) is 0.353. The second kappa shape index (κ2) is 9.17. The average molecular weight is 483 g/mol. The zero-order valence-corrected chi connectivity index (χ0v) is 20.6. The van der Waals surface area contributed by atoms with Crippen LogP contribution in [0.25, 0.3) is 16.6 Å². The summed E-state index contributed by atoms with van der Waals surface area (Å²) < 4.78 is 30.7. The van der Waals surface area contributed by atoms with Gasteiger partial charge in [0, 0.05) is 28.7 Å². The van der Waals surface area contributed by atoms with Gasteiger partial charge in [0.25, 0.3) is 0 Å². The number of rotatable bonds is 7. The van der Waals surface area contributed by atoms with Crippen LogP contribution in [0.5, 0.6) is 0 Å². The van der Waals surface area contributed by atoms with Crippen LogP contribution in [-0.2, 0) is 10.0 Å². The molecule has 1 aromatic heterocycles. The smallest absolute Gasteiger partial charge is 0.241 e. The Morgan fingerprint density at radius 3 is 2.36 bits per heavy atom. The Hall–Kier alpha value is -2.87. The summed E-state index contributed by atoms with van der Waals surface area (Å²) in [6.45, 7) is 7.90. The van der Waals surface area contributed by atoms with Crippen molar-refractivity contribution in [3.8, 4) is 5.69 Å². The summed E-state index contributed by atoms with van der Waals surface area (Å²) in [7, 11) is -3.64. The fraction of sp³-hybridized carbons (Fsp3) is 0.240. The number of hydrogen-bond donors (Lipinski definition) is 2. The summed E-state index contributed by atoms with van der Waals surface area (Å²) in [6, 6.07) is 16.9. The van der Waals surface area contributed by atoms with E-state index in [4.69, 9.17) is 11.6 Å². The molecule has 172 valence electrons. The van der Waals surface area contributed by atoms with Crippen molar-refractivity contribution >= 4 is 38.2 Å². The Balaban J connectivity index is 1.51. The predicted octanol–water partition coefficient (Wildman–Crippen LogP) is 5.38. The highest BCUT2D eigenvalue weighted by atomic mass is 35.5. The van der Waals surface area contributed by atoms with Crippen LogP contribution in [0.4, 0.5) is 5.69 Å². The minimum atomic E-state index is -3.64. The first-order chi connectivity index (χ1) is 15.7. The van der Waals surface area contributed by atoms with E-state index in [1.54, 1.807) is 6.20 Å². The molecule has 0 aliphatic carbocycles. The summed E-state index contributed by atoms with van der Waals surface area (Å²) in [5.74, 6) is 0. The molecule has 0 saturated carbocycles. The molecule has 8 heteroatoms. The molecule has 0 aliphatic heterocycles. The van der Waals surface area contributed by atoms with Gasteiger partial charge in [-0.25, -0.2) is 17.8 Å². The van der Waals surface area contributed by atoms with Crippen molar-refractivity contribution in [3.05, 3.63) is 82.5 Å². The van der Waals surface area contributed by atoms with Gasteiger partial charge < -0.3 is 5.32 Å². The SMILES string of the molecule is Cc1cc(C)c(S(=O)(=O)N[C@@H](C)CNc2cccc3c2cnn3-c2ccc(Cl)cc2)c(C)c1. The molecular weight excluding hydrogens is 456 g/mol. The molecule has 2 N–H and O–H groups in total. The first-order valence-corrected chi connectivity index (χ1v) is 12.6. The maximum Gasteiger partial charge on any atom is 0.241 e. The van der Waals surface area contributed by atoms with E-state index < -0.39 is 10.0 Å². The van der Waals surface area contributed by atoms with Gasteiger partial charge in [0.15, 0.2) is 0 Å². The Morgan fingerprint density at radius 1 is 1.03 bits per heavy atom. The third kappa shape index (κ3) is 4.90. The van der Waals surface area contributed by atoms with Gasteiger partial charge in [0.1, 0.15) is 0 Å². The molecule has 6 nitrogen and oxygen atoms in total. The maximum absolute atomic E-state index is 13.0. The molecule has 0 bridgehead atoms. The van der Waals surface area contributed by atoms with E-state index in [9.17, 15) is 8.42 Å². The topological polar surface area (TPSA) is 76.0 Å². The Labute approximate surface area is 199 Å². The number of hydrogen-bond acceptors (Lipinski definition) is 4. The summed E-state index contributed by atoms with van der Waals surface area (Å²) >= 11 is 6.01. The Kier molecular flexibility index (Phi) is 6.47. The van der Waals surface area contributed by atoms with Gasteiger partial charge >= 0.3 is 0 Å². The highest BCUT2D eigenvalue weighted by Gasteiger charge is 2.22. The van der Waals surface area contributed by atoms with Gasteiger partial charge in [-0.05, 0) is 75.2 Å². The van der Waals surface area contributed by atoms with E-state index in [1.807, 2.05) is 87.0 Å². The largest absolute Gasteiger partial charge is 0.383 e. The Bertz CT molecular complexity index is 1390. The normalized spacial score (nSPS) is 12.8. The molecule has 0 fully saturated rings. The van der Waals surface area contributed by atoms with Crippen LogP contribution < -0.4 is 10.0 Å². The van der Waals surface area contributed by atoms with Crippen LogP contribution in [0.15, 0.2) is 65.7 Å². The lowest BCUT2D eigenvalue weighted by atomic mass is 10.1. The molecule has 0 spiro atoms. The van der Waals surface area contributed by atoms with Crippen molar-refractivity contribution in [2.75, 3.05) is 11.9 Å². The van der Waals surface area contributed by atoms with E-state index in [2.05, 4.69) is 15.1 Å². The number of aryl methyl sites for hydroxylation is 3. The standard InChI is InChI=1S/C25H27ClN4O2S/c1-16-12-17(2)25(18(3)13-16)33(31,32)29-19(4)14-27-23-6-5-7-24-22(23)15-28-30(24)21-10-8-20(26)9-11-21/h5-13,15,19,27,29H,14H2,1-4H3/t19-/m0/s1. The number of benzene rings is 3. The molecule has 0 amide bonds. The highest BCUT2D eigenvalue weighted by Crippen LogP contribution is 2.26. The molecule has 0 aliphatic rings. The van der Waals surface area contributed by atoms with Crippen molar-refractivity contribution < 1.29 is 8.42 Å². The zero-order valence-electron chi connectivity index (χ0n) is 19.1. The van der Waals surface area contributed by atoms with Crippen molar-refractivity contribution in [3.63, 3.8) is 0 Å². The second-order valence-corrected chi connectivity index (χ2v) is 10.5. The first kappa shape index (κ1) is 23.3. The third-order valence-electron chi connectivity index (χ3n) is 5.51. The zero-order chi connectivity index (χ0) is 23.8. The molecule has 3 aromatic carbocycles. The molecule has 0 saturated heterocycles. The summed E-state index contributed by atoms with van der Waals surface area (Å²) in [6.07, 6.45) is 1.81. The molecule has 1 heterocycles. The fourth-order valence-electron chi connectivity index (χ4n) is 4.21. The van der Waals surface area contributed by atoms with Crippen LogP contribution in [0, 0.1) is 20.8 Å². The van der Waals surface area contributed by atoms with Crippen LogP contribution in [0.2, 0.25) is 5.02 Å². The van der Waals surface area contributed by atoms with Crippen molar-refractivity contribution in [2.45, 2.75) is 38.6 Å². The van der Waals surface area contributed by atoms with E-state index >= 15 is 0 Å². The summed E-state index contributed by atoms with van der Waals surface area (Å²) in [5, 5.41) is 9.53. The molecule has 0 radical (unpaired) electrons. The monoisotopic (exact) mass is 482 g/mol. The van der Waals surface area contributed by atoms with Crippen molar-refractivity contribution in [1.82, 2.24) is 14.5 Å². The first-order valence-electron chi connectivity index (χ1n) is 10.7. The van der Waals surface area contributed by atoms with Gasteiger partial charge in [-0.3, -0.25) is 0 Å². The summed E-state index contributed by atoms with van der Waals surface area (Å²) in [5.41, 5.74) is 5.30. The number of nitrogens with one attached hydrogen (secondary N) is 2. The van der Waals surface area contributed by atoms with Gasteiger partial charge in [-0.2, -0.15) is 5.10 Å². The van der Waals surface area contributed by atoms with E-state index in [-0.39, 0.29) is 6.04 Å². The van der Waals surface area contributed by atoms with Gasteiger partial charge in [-0.1, -0.05) is 35.4 Å². The quantitative estimate of drug-likeness (QED) is 0.370. The average Bonchev–Trinajstić information content (AvgIpc) is 3.16. The molecule has 0 unspecified atom stereocenters. The fourth-order valence-corrected chi connectivity index (χ4v) is 6.03. The van der Waals surface area contributed by atoms with E-state index in [1.165, 1.54) is 0 Å². The number of halogens is 1. The number of nitrogens with zero attached hydrogens (tertiary/aromatic N) is 2. The minimum Gasteiger partial charge on any atom is -0.383 e. The number of anilines is 1. The lowest BCUT2D eigenvalue weighted by molar-refractivity contribution is 0.564. The number of fused-ring (bicyclic) bond motifs is 1. The number of aromatic nitrogens is 2. The second-order valence-electron chi connectivity index (χ2n) is 8.40. The molecule has 4 aromatic rings. The van der Waals surface area contributed by atoms with Crippen LogP contribution in [0.1, 0.15) is 23.6 Å². The van der Waals surface area contributed by atoms with Crippen molar-refractivity contribution in [2.24, 2.45) is 0 Å². The van der Waals surface area contributed by atoms with Crippen LogP contribution in [0.3, 0.4) is 0 Å². The molecule has 33 heavy (non-hydrogen) atoms. The predicted molar refractivity (Wildman–Crippen MR) is 135 cm³/mol. The van der Waals surface area contributed by atoms with Crippen molar-refractivity contribution in [1.29, 1.82) is 0 Å². The molecule has 4 rings (SSSR count). The van der Waals surface area contributed by atoms with Crippen LogP contribution >= 0.6 is 11.6 Å². The van der Waals surface area contributed by atoms with Gasteiger partial charge in [0.2, 0.25) is 10.0 Å². The lowest BCUT2D eigenvalue weighted by Crippen LogP contribution is -2.38. The minimum absolute atomic E-state index is 0.323. The Morgan fingerprint density at radius 2 is 1.70 bits per heavy atom. The molecular formula is C25H27ClN4O2S. The third-order valence-corrected chi connectivity index (χ3v) is 7.66. The van der Waals surface area contributed by atoms with E-state index in [0.29, 0.717) is 16.5 Å². The highest BCUT2D eigenvalue weighted by molar-refractivity contribution is 7.89. The number of sulfonamides is 1. The lowest BCUT2D eigenvalue weighted by Gasteiger charge is -2.18. The van der Waals surface area contributed by atoms with E-state index in [0.717, 1.165) is 39.0 Å². The maximum atomic E-state index is 13.0. The molecule has 1 atom stereocenters. The van der Waals surface area contributed by atoms with Crippen LogP contribution in [-0.4, -0.2) is 30.8 Å². The van der Waals surface area contributed by atoms with Gasteiger partial charge in [-0.15, -0.1) is 0 Å².